The average molecular weight is 303 g/mol. The third-order valence-corrected chi connectivity index (χ3v) is 3.78. The van der Waals surface area contributed by atoms with Crippen molar-refractivity contribution in [2.75, 3.05) is 5.73 Å². The maximum Gasteiger partial charge on any atom is 0.257 e. The molecule has 2 aromatic heterocycles. The van der Waals surface area contributed by atoms with Crippen LogP contribution in [-0.2, 0) is 12.3 Å². The molecule has 0 aliphatic heterocycles. The van der Waals surface area contributed by atoms with Gasteiger partial charge in [-0.1, -0.05) is 25.6 Å². The smallest absolute Gasteiger partial charge is 0.257 e. The molecule has 0 aliphatic carbocycles. The molecule has 3 rings (SSSR count). The van der Waals surface area contributed by atoms with E-state index in [1.807, 2.05) is 16.8 Å². The first-order chi connectivity index (χ1) is 10.1. The molecule has 1 aromatic carbocycles. The molecule has 0 radical (unpaired) electrons. The third-order valence-electron chi connectivity index (χ3n) is 2.95. The van der Waals surface area contributed by atoms with Crippen molar-refractivity contribution in [3.8, 4) is 0 Å². The molecule has 0 bridgehead atoms. The van der Waals surface area contributed by atoms with Gasteiger partial charge in [0, 0.05) is 18.3 Å². The van der Waals surface area contributed by atoms with Crippen LogP contribution >= 0.6 is 11.8 Å². The number of benzene rings is 1. The fourth-order valence-electron chi connectivity index (χ4n) is 2.01. The molecule has 2 heterocycles. The topological polar surface area (TPSA) is 82.8 Å². The van der Waals surface area contributed by atoms with Gasteiger partial charge in [0.05, 0.1) is 5.75 Å². The summed E-state index contributed by atoms with van der Waals surface area (Å²) in [5, 5.41) is 4.87. The zero-order chi connectivity index (χ0) is 14.8. The minimum absolute atomic E-state index is 0.530. The summed E-state index contributed by atoms with van der Waals surface area (Å²) >= 11 is 1.51. The van der Waals surface area contributed by atoms with Crippen LogP contribution in [0.2, 0.25) is 0 Å². The predicted molar refractivity (Wildman–Crippen MR) is 82.8 cm³/mol. The number of hydrogen-bond donors (Lipinski definition) is 1. The number of anilines is 1. The number of fused-ring (bicyclic) bond motifs is 1. The Balaban J connectivity index is 1.73. The van der Waals surface area contributed by atoms with E-state index < -0.39 is 0 Å². The molecule has 0 saturated heterocycles. The quantitative estimate of drug-likeness (QED) is 0.576. The van der Waals surface area contributed by atoms with E-state index in [0.29, 0.717) is 28.2 Å². The van der Waals surface area contributed by atoms with E-state index in [2.05, 4.69) is 28.9 Å². The maximum absolute atomic E-state index is 5.73. The number of nitrogen functional groups attached to an aromatic ring is 1. The number of nitrogens with zero attached hydrogens (tertiary/aromatic N) is 4. The van der Waals surface area contributed by atoms with Gasteiger partial charge < -0.3 is 10.2 Å². The van der Waals surface area contributed by atoms with E-state index in [4.69, 9.17) is 10.2 Å². The molecule has 0 fully saturated rings. The molecule has 110 valence electrons. The third kappa shape index (κ3) is 3.18. The Bertz CT molecular complexity index is 749. The lowest BCUT2D eigenvalue weighted by Crippen LogP contribution is -2.09. The van der Waals surface area contributed by atoms with Crippen LogP contribution in [0.1, 0.15) is 19.7 Å². The minimum atomic E-state index is 0.530. The van der Waals surface area contributed by atoms with Crippen LogP contribution in [0.4, 0.5) is 5.69 Å². The fourth-order valence-corrected chi connectivity index (χ4v) is 2.79. The lowest BCUT2D eigenvalue weighted by molar-refractivity contribution is 0.470. The van der Waals surface area contributed by atoms with E-state index >= 15 is 0 Å². The number of aromatic nitrogens is 4. The van der Waals surface area contributed by atoms with Gasteiger partial charge in [-0.2, -0.15) is 5.10 Å². The molecule has 2 N–H and O–H groups in total. The Morgan fingerprint density at radius 2 is 2.24 bits per heavy atom. The zero-order valence-corrected chi connectivity index (χ0v) is 12.8. The highest BCUT2D eigenvalue weighted by Crippen LogP contribution is 2.26. The van der Waals surface area contributed by atoms with Crippen LogP contribution in [-0.4, -0.2) is 19.7 Å². The van der Waals surface area contributed by atoms with Crippen molar-refractivity contribution in [2.45, 2.75) is 31.4 Å². The Kier molecular flexibility index (Phi) is 3.83. The zero-order valence-electron chi connectivity index (χ0n) is 12.0. The van der Waals surface area contributed by atoms with Gasteiger partial charge in [-0.05, 0) is 18.1 Å². The van der Waals surface area contributed by atoms with Gasteiger partial charge in [-0.3, -0.25) is 0 Å². The summed E-state index contributed by atoms with van der Waals surface area (Å²) in [4.78, 5) is 8.72. The second kappa shape index (κ2) is 5.77. The molecule has 0 saturated carbocycles. The normalized spacial score (nSPS) is 11.6. The Labute approximate surface area is 126 Å². The number of rotatable bonds is 5. The summed E-state index contributed by atoms with van der Waals surface area (Å²) in [6, 6.07) is 5.46. The van der Waals surface area contributed by atoms with Crippen molar-refractivity contribution in [1.29, 1.82) is 0 Å². The van der Waals surface area contributed by atoms with Gasteiger partial charge in [0.15, 0.2) is 5.58 Å². The number of hydrogen-bond acceptors (Lipinski definition) is 6. The van der Waals surface area contributed by atoms with Crippen molar-refractivity contribution in [3.63, 3.8) is 0 Å². The maximum atomic E-state index is 5.73. The van der Waals surface area contributed by atoms with Gasteiger partial charge in [0.25, 0.3) is 5.22 Å². The van der Waals surface area contributed by atoms with Gasteiger partial charge in [-0.15, -0.1) is 0 Å². The Morgan fingerprint density at radius 1 is 1.38 bits per heavy atom. The van der Waals surface area contributed by atoms with Crippen molar-refractivity contribution in [1.82, 2.24) is 19.7 Å². The minimum Gasteiger partial charge on any atom is -0.431 e. The van der Waals surface area contributed by atoms with Crippen molar-refractivity contribution >= 4 is 28.5 Å². The van der Waals surface area contributed by atoms with Crippen LogP contribution < -0.4 is 5.73 Å². The second-order valence-corrected chi connectivity index (χ2v) is 6.17. The van der Waals surface area contributed by atoms with Gasteiger partial charge in [0.2, 0.25) is 0 Å². The fraction of sp³-hybridized carbons (Fsp3) is 0.357. The Morgan fingerprint density at radius 3 is 3.05 bits per heavy atom. The first-order valence-electron chi connectivity index (χ1n) is 6.77. The van der Waals surface area contributed by atoms with E-state index in [9.17, 15) is 0 Å². The highest BCUT2D eigenvalue weighted by atomic mass is 32.2. The monoisotopic (exact) mass is 303 g/mol. The molecule has 0 amide bonds. The molecule has 0 atom stereocenters. The molecule has 0 unspecified atom stereocenters. The molecular weight excluding hydrogens is 286 g/mol. The molecule has 0 spiro atoms. The van der Waals surface area contributed by atoms with Crippen molar-refractivity contribution in [3.05, 3.63) is 30.4 Å². The van der Waals surface area contributed by atoms with Crippen LogP contribution in [0.5, 0.6) is 0 Å². The van der Waals surface area contributed by atoms with Gasteiger partial charge >= 0.3 is 0 Å². The second-order valence-electron chi connectivity index (χ2n) is 5.25. The first kappa shape index (κ1) is 13.9. The highest BCUT2D eigenvalue weighted by molar-refractivity contribution is 7.98. The summed E-state index contributed by atoms with van der Waals surface area (Å²) in [5.74, 6) is 2.13. The van der Waals surface area contributed by atoms with Crippen LogP contribution in [0.15, 0.2) is 34.2 Å². The van der Waals surface area contributed by atoms with E-state index in [1.165, 1.54) is 11.8 Å². The van der Waals surface area contributed by atoms with E-state index in [0.717, 1.165) is 17.9 Å². The molecule has 21 heavy (non-hydrogen) atoms. The average Bonchev–Trinajstić information content (AvgIpc) is 3.01. The highest BCUT2D eigenvalue weighted by Gasteiger charge is 2.11. The largest absolute Gasteiger partial charge is 0.431 e. The predicted octanol–water partition coefficient (Wildman–Crippen LogP) is 2.95. The van der Waals surface area contributed by atoms with E-state index in [-0.39, 0.29) is 0 Å². The SMILES string of the molecule is CC(C)Cn1ncnc1CSc1nc2ccc(N)cc2o1. The lowest BCUT2D eigenvalue weighted by atomic mass is 10.2. The summed E-state index contributed by atoms with van der Waals surface area (Å²) in [7, 11) is 0. The van der Waals surface area contributed by atoms with E-state index in [1.54, 1.807) is 12.4 Å². The number of nitrogens with two attached hydrogens (primary N) is 1. The standard InChI is InChI=1S/C14H17N5OS/c1-9(2)6-19-13(16-8-17-19)7-21-14-18-11-4-3-10(15)5-12(11)20-14/h3-5,8-9H,6-7,15H2,1-2H3. The van der Waals surface area contributed by atoms with Crippen LogP contribution in [0.25, 0.3) is 11.1 Å². The molecule has 0 aliphatic rings. The van der Waals surface area contributed by atoms with Crippen LogP contribution in [0.3, 0.4) is 0 Å². The van der Waals surface area contributed by atoms with Gasteiger partial charge in [0.1, 0.15) is 17.7 Å². The molecule has 7 heteroatoms. The van der Waals surface area contributed by atoms with Crippen molar-refractivity contribution < 1.29 is 4.42 Å². The molecule has 3 aromatic rings. The number of oxazole rings is 1. The van der Waals surface area contributed by atoms with Crippen LogP contribution in [0, 0.1) is 5.92 Å². The lowest BCUT2D eigenvalue weighted by Gasteiger charge is -2.07. The first-order valence-corrected chi connectivity index (χ1v) is 7.76. The summed E-state index contributed by atoms with van der Waals surface area (Å²) in [5.41, 5.74) is 7.93. The summed E-state index contributed by atoms with van der Waals surface area (Å²) in [6.07, 6.45) is 1.59. The van der Waals surface area contributed by atoms with Gasteiger partial charge in [-0.25, -0.2) is 14.6 Å². The molecular formula is C14H17N5OS. The number of thioether (sulfide) groups is 1. The Hall–Kier alpha value is -2.02. The summed E-state index contributed by atoms with van der Waals surface area (Å²) < 4.78 is 7.61. The molecule has 6 nitrogen and oxygen atoms in total. The van der Waals surface area contributed by atoms with Crippen molar-refractivity contribution in [2.24, 2.45) is 5.92 Å². The summed E-state index contributed by atoms with van der Waals surface area (Å²) in [6.45, 7) is 5.17.